The van der Waals surface area contributed by atoms with Crippen LogP contribution in [0.1, 0.15) is 20.3 Å². The number of nitrogens with zero attached hydrogens (tertiary/aromatic N) is 1. The third kappa shape index (κ3) is 8.54. The zero-order chi connectivity index (χ0) is 18.2. The molecule has 0 spiro atoms. The highest BCUT2D eigenvalue weighted by molar-refractivity contribution is 9.10. The zero-order valence-corrected chi connectivity index (χ0v) is 16.9. The molecule has 0 radical (unpaired) electrons. The summed E-state index contributed by atoms with van der Waals surface area (Å²) in [4.78, 5) is 4.15. The lowest BCUT2D eigenvalue weighted by molar-refractivity contribution is 0.222. The number of para-hydroxylation sites is 1. The summed E-state index contributed by atoms with van der Waals surface area (Å²) in [7, 11) is -1.27. The van der Waals surface area contributed by atoms with E-state index in [0.717, 1.165) is 10.2 Å². The molecule has 2 unspecified atom stereocenters. The van der Waals surface area contributed by atoms with E-state index in [1.54, 1.807) is 7.05 Å². The first-order valence-corrected chi connectivity index (χ1v) is 10.6. The van der Waals surface area contributed by atoms with Crippen LogP contribution in [0.15, 0.2) is 33.7 Å². The highest BCUT2D eigenvalue weighted by Gasteiger charge is 2.11. The number of rotatable bonds is 8. The topological polar surface area (TPSA) is 79.8 Å². The molecule has 1 aromatic carbocycles. The number of sulfone groups is 1. The van der Waals surface area contributed by atoms with Crippen LogP contribution < -0.4 is 15.4 Å². The highest BCUT2D eigenvalue weighted by Crippen LogP contribution is 2.24. The minimum absolute atomic E-state index is 0.00502. The molecule has 136 valence electrons. The summed E-state index contributed by atoms with van der Waals surface area (Å²) in [6.45, 7) is 4.46. The second kappa shape index (κ2) is 9.88. The van der Waals surface area contributed by atoms with Crippen molar-refractivity contribution in [2.24, 2.45) is 4.99 Å². The molecule has 0 aromatic heterocycles. The highest BCUT2D eigenvalue weighted by atomic mass is 79.9. The maximum Gasteiger partial charge on any atom is 0.191 e. The van der Waals surface area contributed by atoms with E-state index in [4.69, 9.17) is 4.74 Å². The van der Waals surface area contributed by atoms with Crippen molar-refractivity contribution in [3.05, 3.63) is 28.7 Å². The van der Waals surface area contributed by atoms with Crippen molar-refractivity contribution in [1.29, 1.82) is 0 Å². The van der Waals surface area contributed by atoms with Gasteiger partial charge in [-0.05, 0) is 48.3 Å². The number of benzene rings is 1. The minimum atomic E-state index is -2.95. The minimum Gasteiger partial charge on any atom is -0.488 e. The van der Waals surface area contributed by atoms with E-state index in [1.165, 1.54) is 6.26 Å². The van der Waals surface area contributed by atoms with Crippen molar-refractivity contribution >= 4 is 31.7 Å². The van der Waals surface area contributed by atoms with Crippen LogP contribution in [-0.4, -0.2) is 52.1 Å². The zero-order valence-electron chi connectivity index (χ0n) is 14.5. The summed E-state index contributed by atoms with van der Waals surface area (Å²) in [6, 6.07) is 7.69. The van der Waals surface area contributed by atoms with Gasteiger partial charge >= 0.3 is 0 Å². The van der Waals surface area contributed by atoms with Gasteiger partial charge in [0.25, 0.3) is 0 Å². The second-order valence-corrected chi connectivity index (χ2v) is 8.89. The Morgan fingerprint density at radius 1 is 1.33 bits per heavy atom. The lowest BCUT2D eigenvalue weighted by atomic mass is 10.3. The van der Waals surface area contributed by atoms with Crippen LogP contribution in [0, 0.1) is 0 Å². The van der Waals surface area contributed by atoms with Gasteiger partial charge in [-0.25, -0.2) is 8.42 Å². The number of hydrogen-bond donors (Lipinski definition) is 2. The molecule has 0 aliphatic carbocycles. The number of hydrogen-bond acceptors (Lipinski definition) is 4. The van der Waals surface area contributed by atoms with Gasteiger partial charge in [0.2, 0.25) is 0 Å². The summed E-state index contributed by atoms with van der Waals surface area (Å²) in [5.74, 6) is 1.56. The largest absolute Gasteiger partial charge is 0.488 e. The van der Waals surface area contributed by atoms with Crippen molar-refractivity contribution in [1.82, 2.24) is 10.6 Å². The van der Waals surface area contributed by atoms with E-state index < -0.39 is 9.84 Å². The van der Waals surface area contributed by atoms with Gasteiger partial charge < -0.3 is 15.4 Å². The fourth-order valence-corrected chi connectivity index (χ4v) is 3.09. The quantitative estimate of drug-likeness (QED) is 0.498. The van der Waals surface area contributed by atoms with Crippen molar-refractivity contribution < 1.29 is 13.2 Å². The van der Waals surface area contributed by atoms with E-state index >= 15 is 0 Å². The summed E-state index contributed by atoms with van der Waals surface area (Å²) < 4.78 is 29.2. The van der Waals surface area contributed by atoms with Crippen molar-refractivity contribution in [2.75, 3.05) is 25.6 Å². The van der Waals surface area contributed by atoms with Gasteiger partial charge in [0.15, 0.2) is 5.96 Å². The Morgan fingerprint density at radius 2 is 2.00 bits per heavy atom. The lowest BCUT2D eigenvalue weighted by Gasteiger charge is -2.20. The molecule has 1 rings (SSSR count). The van der Waals surface area contributed by atoms with Gasteiger partial charge in [0, 0.05) is 19.3 Å². The number of ether oxygens (including phenoxy) is 1. The van der Waals surface area contributed by atoms with Gasteiger partial charge in [-0.15, -0.1) is 0 Å². The molecule has 0 fully saturated rings. The standard InChI is InChI=1S/C16H26BrN3O3S/c1-12(9-10-24(4,21)22)20-16(18-3)19-11-13(2)23-15-8-6-5-7-14(15)17/h5-8,12-13H,9-11H2,1-4H3,(H2,18,19,20). The molecule has 0 aliphatic heterocycles. The van der Waals surface area contributed by atoms with Gasteiger partial charge in [-0.1, -0.05) is 12.1 Å². The maximum absolute atomic E-state index is 11.2. The van der Waals surface area contributed by atoms with E-state index in [9.17, 15) is 8.42 Å². The maximum atomic E-state index is 11.2. The number of nitrogens with one attached hydrogen (secondary N) is 2. The van der Waals surface area contributed by atoms with Crippen LogP contribution in [0.25, 0.3) is 0 Å². The van der Waals surface area contributed by atoms with Gasteiger partial charge in [0.05, 0.1) is 16.8 Å². The van der Waals surface area contributed by atoms with Crippen LogP contribution in [0.5, 0.6) is 5.75 Å². The molecule has 0 saturated carbocycles. The molecule has 0 heterocycles. The Bertz CT molecular complexity index is 650. The first-order chi connectivity index (χ1) is 11.2. The molecule has 2 N–H and O–H groups in total. The molecule has 0 bridgehead atoms. The van der Waals surface area contributed by atoms with E-state index in [0.29, 0.717) is 18.9 Å². The molecular formula is C16H26BrN3O3S. The Hall–Kier alpha value is -1.28. The molecule has 0 amide bonds. The van der Waals surface area contributed by atoms with E-state index in [1.807, 2.05) is 38.1 Å². The van der Waals surface area contributed by atoms with Crippen LogP contribution in [0.2, 0.25) is 0 Å². The Morgan fingerprint density at radius 3 is 2.58 bits per heavy atom. The fraction of sp³-hybridized carbons (Fsp3) is 0.562. The number of halogens is 1. The Balaban J connectivity index is 2.42. The summed E-state index contributed by atoms with van der Waals surface area (Å²) in [5.41, 5.74) is 0. The number of guanidine groups is 1. The number of aliphatic imine (C=N–C) groups is 1. The van der Waals surface area contributed by atoms with E-state index in [2.05, 4.69) is 31.6 Å². The molecule has 2 atom stereocenters. The van der Waals surface area contributed by atoms with Gasteiger partial charge in [-0.2, -0.15) is 0 Å². The average molecular weight is 420 g/mol. The SMILES string of the molecule is CN=C(NCC(C)Oc1ccccc1Br)NC(C)CCS(C)(=O)=O. The van der Waals surface area contributed by atoms with E-state index in [-0.39, 0.29) is 17.9 Å². The van der Waals surface area contributed by atoms with Gasteiger partial charge in [-0.3, -0.25) is 4.99 Å². The average Bonchev–Trinajstić information content (AvgIpc) is 2.51. The summed E-state index contributed by atoms with van der Waals surface area (Å²) in [6.07, 6.45) is 1.71. The first kappa shape index (κ1) is 20.8. The molecule has 24 heavy (non-hydrogen) atoms. The molecule has 8 heteroatoms. The van der Waals surface area contributed by atoms with Crippen molar-refractivity contribution in [2.45, 2.75) is 32.4 Å². The third-order valence-electron chi connectivity index (χ3n) is 3.25. The smallest absolute Gasteiger partial charge is 0.191 e. The van der Waals surface area contributed by atoms with Crippen molar-refractivity contribution in [3.63, 3.8) is 0 Å². The van der Waals surface area contributed by atoms with Crippen LogP contribution in [0.3, 0.4) is 0 Å². The Labute approximate surface area is 153 Å². The molecule has 6 nitrogen and oxygen atoms in total. The molecule has 0 saturated heterocycles. The summed E-state index contributed by atoms with van der Waals surface area (Å²) >= 11 is 3.45. The van der Waals surface area contributed by atoms with Crippen LogP contribution in [-0.2, 0) is 9.84 Å². The monoisotopic (exact) mass is 419 g/mol. The predicted molar refractivity (Wildman–Crippen MR) is 103 cm³/mol. The van der Waals surface area contributed by atoms with Gasteiger partial charge in [0.1, 0.15) is 21.7 Å². The van der Waals surface area contributed by atoms with Crippen LogP contribution >= 0.6 is 15.9 Å². The molecule has 0 aliphatic rings. The molecule has 1 aromatic rings. The first-order valence-electron chi connectivity index (χ1n) is 7.77. The second-order valence-electron chi connectivity index (χ2n) is 5.78. The van der Waals surface area contributed by atoms with Crippen LogP contribution in [0.4, 0.5) is 0 Å². The Kier molecular flexibility index (Phi) is 8.55. The fourth-order valence-electron chi connectivity index (χ4n) is 1.93. The third-order valence-corrected chi connectivity index (χ3v) is 4.88. The normalized spacial score (nSPS) is 14.8. The predicted octanol–water partition coefficient (Wildman–Crippen LogP) is 2.20. The summed E-state index contributed by atoms with van der Waals surface area (Å²) in [5, 5.41) is 6.37. The molecular weight excluding hydrogens is 394 g/mol. The lowest BCUT2D eigenvalue weighted by Crippen LogP contribution is -2.45. The van der Waals surface area contributed by atoms with Crippen molar-refractivity contribution in [3.8, 4) is 5.75 Å².